The minimum Gasteiger partial charge on any atom is -0.394 e. The topological polar surface area (TPSA) is 75.4 Å². The first-order valence-corrected chi connectivity index (χ1v) is 3.96. The number of carbonyl (C=O) groups is 1. The van der Waals surface area contributed by atoms with E-state index in [0.717, 1.165) is 5.56 Å². The molecule has 0 aliphatic carbocycles. The third-order valence-corrected chi connectivity index (χ3v) is 1.70. The molecule has 1 atom stereocenters. The second-order valence-corrected chi connectivity index (χ2v) is 2.65. The van der Waals surface area contributed by atoms with Crippen LogP contribution in [0.4, 0.5) is 4.79 Å². The summed E-state index contributed by atoms with van der Waals surface area (Å²) in [6.07, 6.45) is 0. The smallest absolute Gasteiger partial charge is 0.312 e. The molecule has 0 fully saturated rings. The Morgan fingerprint density at radius 3 is 2.54 bits per heavy atom. The van der Waals surface area contributed by atoms with Gasteiger partial charge in [0.25, 0.3) is 0 Å². The summed E-state index contributed by atoms with van der Waals surface area (Å²) in [5.74, 6) is 0. The van der Waals surface area contributed by atoms with Crippen molar-refractivity contribution < 1.29 is 9.90 Å². The molecule has 1 rings (SSSR count). The second-order valence-electron chi connectivity index (χ2n) is 2.65. The summed E-state index contributed by atoms with van der Waals surface area (Å²) in [6, 6.07) is 8.11. The molecule has 4 N–H and O–H groups in total. The third kappa shape index (κ3) is 2.76. The van der Waals surface area contributed by atoms with E-state index < -0.39 is 12.1 Å². The Balaban J connectivity index is 2.73. The summed E-state index contributed by atoms with van der Waals surface area (Å²) >= 11 is 0. The SMILES string of the molecule is NC(=O)N[C@H](CO)c1ccccc1. The highest BCUT2D eigenvalue weighted by atomic mass is 16.3. The van der Waals surface area contributed by atoms with Gasteiger partial charge in [-0.1, -0.05) is 30.3 Å². The van der Waals surface area contributed by atoms with Gasteiger partial charge in [-0.2, -0.15) is 0 Å². The van der Waals surface area contributed by atoms with Gasteiger partial charge in [-0.3, -0.25) is 0 Å². The summed E-state index contributed by atoms with van der Waals surface area (Å²) in [4.78, 5) is 10.5. The van der Waals surface area contributed by atoms with E-state index in [4.69, 9.17) is 10.8 Å². The minimum atomic E-state index is -0.636. The van der Waals surface area contributed by atoms with Crippen LogP contribution in [0, 0.1) is 0 Å². The summed E-state index contributed by atoms with van der Waals surface area (Å²) in [7, 11) is 0. The lowest BCUT2D eigenvalue weighted by molar-refractivity contribution is 0.223. The number of aliphatic hydroxyl groups is 1. The van der Waals surface area contributed by atoms with Gasteiger partial charge in [-0.15, -0.1) is 0 Å². The molecular weight excluding hydrogens is 168 g/mol. The van der Waals surface area contributed by atoms with Crippen LogP contribution in [0.5, 0.6) is 0 Å². The van der Waals surface area contributed by atoms with Crippen LogP contribution in [-0.4, -0.2) is 17.7 Å². The van der Waals surface area contributed by atoms with Crippen molar-refractivity contribution in [3.8, 4) is 0 Å². The summed E-state index contributed by atoms with van der Waals surface area (Å²) in [5, 5.41) is 11.4. The fourth-order valence-electron chi connectivity index (χ4n) is 1.09. The van der Waals surface area contributed by atoms with E-state index in [1.54, 1.807) is 0 Å². The molecule has 2 amide bonds. The first-order chi connectivity index (χ1) is 6.24. The number of nitrogens with two attached hydrogens (primary N) is 1. The van der Waals surface area contributed by atoms with Crippen molar-refractivity contribution in [1.82, 2.24) is 5.32 Å². The molecule has 0 bridgehead atoms. The maximum atomic E-state index is 10.5. The molecule has 0 saturated heterocycles. The van der Waals surface area contributed by atoms with Crippen LogP contribution in [0.3, 0.4) is 0 Å². The fraction of sp³-hybridized carbons (Fsp3) is 0.222. The Morgan fingerprint density at radius 2 is 2.08 bits per heavy atom. The maximum absolute atomic E-state index is 10.5. The van der Waals surface area contributed by atoms with Crippen LogP contribution in [0.15, 0.2) is 30.3 Å². The lowest BCUT2D eigenvalue weighted by Gasteiger charge is -2.14. The molecule has 1 aromatic carbocycles. The molecule has 0 aliphatic rings. The summed E-state index contributed by atoms with van der Waals surface area (Å²) in [5.41, 5.74) is 5.78. The lowest BCUT2D eigenvalue weighted by Crippen LogP contribution is -2.34. The average molecular weight is 180 g/mol. The molecule has 4 heteroatoms. The van der Waals surface area contributed by atoms with Crippen molar-refractivity contribution in [2.45, 2.75) is 6.04 Å². The number of urea groups is 1. The van der Waals surface area contributed by atoms with E-state index in [0.29, 0.717) is 0 Å². The maximum Gasteiger partial charge on any atom is 0.312 e. The van der Waals surface area contributed by atoms with Crippen molar-refractivity contribution in [3.05, 3.63) is 35.9 Å². The Morgan fingerprint density at radius 1 is 1.46 bits per heavy atom. The molecule has 0 heterocycles. The summed E-state index contributed by atoms with van der Waals surface area (Å²) < 4.78 is 0. The molecule has 0 saturated carbocycles. The predicted molar refractivity (Wildman–Crippen MR) is 49.0 cm³/mol. The van der Waals surface area contributed by atoms with E-state index >= 15 is 0 Å². The largest absolute Gasteiger partial charge is 0.394 e. The first-order valence-electron chi connectivity index (χ1n) is 3.96. The number of hydrogen-bond donors (Lipinski definition) is 3. The van der Waals surface area contributed by atoms with Crippen molar-refractivity contribution in [3.63, 3.8) is 0 Å². The van der Waals surface area contributed by atoms with Gasteiger partial charge in [0.1, 0.15) is 0 Å². The molecular formula is C9H12N2O2. The first kappa shape index (κ1) is 9.54. The van der Waals surface area contributed by atoms with Crippen LogP contribution in [0.1, 0.15) is 11.6 Å². The van der Waals surface area contributed by atoms with Gasteiger partial charge in [0, 0.05) is 0 Å². The Bertz CT molecular complexity index is 274. The molecule has 0 aliphatic heterocycles. The third-order valence-electron chi connectivity index (χ3n) is 1.70. The molecule has 4 nitrogen and oxygen atoms in total. The van der Waals surface area contributed by atoms with E-state index in [9.17, 15) is 4.79 Å². The lowest BCUT2D eigenvalue weighted by atomic mass is 10.1. The van der Waals surface area contributed by atoms with Crippen molar-refractivity contribution in [1.29, 1.82) is 0 Å². The highest BCUT2D eigenvalue weighted by molar-refractivity contribution is 5.72. The zero-order valence-corrected chi connectivity index (χ0v) is 7.10. The molecule has 1 aromatic rings. The number of benzene rings is 1. The standard InChI is InChI=1S/C9H12N2O2/c10-9(13)11-8(6-12)7-4-2-1-3-5-7/h1-5,8,12H,6H2,(H3,10,11,13)/t8-/m1/s1. The van der Waals surface area contributed by atoms with Crippen molar-refractivity contribution in [2.24, 2.45) is 5.73 Å². The zero-order chi connectivity index (χ0) is 9.68. The van der Waals surface area contributed by atoms with Gasteiger partial charge in [-0.05, 0) is 5.56 Å². The van der Waals surface area contributed by atoms with E-state index in [-0.39, 0.29) is 6.61 Å². The van der Waals surface area contributed by atoms with Gasteiger partial charge in [0.15, 0.2) is 0 Å². The zero-order valence-electron chi connectivity index (χ0n) is 7.10. The Labute approximate surface area is 76.4 Å². The molecule has 70 valence electrons. The molecule has 0 aromatic heterocycles. The second kappa shape index (κ2) is 4.47. The van der Waals surface area contributed by atoms with Gasteiger partial charge < -0.3 is 16.2 Å². The van der Waals surface area contributed by atoms with Crippen LogP contribution in [0.25, 0.3) is 0 Å². The normalized spacial score (nSPS) is 12.1. The van der Waals surface area contributed by atoms with Crippen LogP contribution in [-0.2, 0) is 0 Å². The molecule has 0 radical (unpaired) electrons. The van der Waals surface area contributed by atoms with Gasteiger partial charge in [0.05, 0.1) is 12.6 Å². The highest BCUT2D eigenvalue weighted by Crippen LogP contribution is 2.10. The van der Waals surface area contributed by atoms with Crippen LogP contribution < -0.4 is 11.1 Å². The van der Waals surface area contributed by atoms with Crippen molar-refractivity contribution >= 4 is 6.03 Å². The minimum absolute atomic E-state index is 0.160. The number of carbonyl (C=O) groups excluding carboxylic acids is 1. The van der Waals surface area contributed by atoms with Gasteiger partial charge in [-0.25, -0.2) is 4.79 Å². The van der Waals surface area contributed by atoms with E-state index in [2.05, 4.69) is 5.32 Å². The van der Waals surface area contributed by atoms with E-state index in [1.807, 2.05) is 30.3 Å². The number of amides is 2. The average Bonchev–Trinajstić information content (AvgIpc) is 2.15. The fourth-order valence-corrected chi connectivity index (χ4v) is 1.09. The number of nitrogens with one attached hydrogen (secondary N) is 1. The van der Waals surface area contributed by atoms with Gasteiger partial charge >= 0.3 is 6.03 Å². The number of aliphatic hydroxyl groups excluding tert-OH is 1. The predicted octanol–water partition coefficient (Wildman–Crippen LogP) is 0.388. The highest BCUT2D eigenvalue weighted by Gasteiger charge is 2.10. The molecule has 0 unspecified atom stereocenters. The van der Waals surface area contributed by atoms with Gasteiger partial charge in [0.2, 0.25) is 0 Å². The number of hydrogen-bond acceptors (Lipinski definition) is 2. The molecule has 13 heavy (non-hydrogen) atoms. The Kier molecular flexibility index (Phi) is 3.28. The van der Waals surface area contributed by atoms with E-state index in [1.165, 1.54) is 0 Å². The Hall–Kier alpha value is -1.55. The number of primary amides is 1. The molecule has 0 spiro atoms. The van der Waals surface area contributed by atoms with Crippen LogP contribution in [0.2, 0.25) is 0 Å². The summed E-state index contributed by atoms with van der Waals surface area (Å²) in [6.45, 7) is -0.160. The quantitative estimate of drug-likeness (QED) is 0.629. The van der Waals surface area contributed by atoms with Crippen molar-refractivity contribution in [2.75, 3.05) is 6.61 Å². The van der Waals surface area contributed by atoms with Crippen LogP contribution >= 0.6 is 0 Å². The monoisotopic (exact) mass is 180 g/mol. The number of rotatable bonds is 3.